The number of hydrogen-bond donors (Lipinski definition) is 1. The standard InChI is InChI=1S/C14H17F3N2O/c1-8(2)19-10-7-5-6-9(14(15,16)17)11(10)18-13(3,4)12(19)20/h5-8,18H,1-4H3. The van der Waals surface area contributed by atoms with Crippen LogP contribution in [0.15, 0.2) is 18.2 Å². The first-order chi connectivity index (χ1) is 9.05. The highest BCUT2D eigenvalue weighted by molar-refractivity contribution is 6.08. The van der Waals surface area contributed by atoms with Gasteiger partial charge in [-0.05, 0) is 39.8 Å². The van der Waals surface area contributed by atoms with E-state index in [9.17, 15) is 18.0 Å². The molecule has 0 radical (unpaired) electrons. The number of nitrogens with one attached hydrogen (secondary N) is 1. The van der Waals surface area contributed by atoms with E-state index in [-0.39, 0.29) is 23.3 Å². The molecule has 0 atom stereocenters. The van der Waals surface area contributed by atoms with Gasteiger partial charge in [-0.3, -0.25) is 4.79 Å². The predicted molar refractivity (Wildman–Crippen MR) is 71.8 cm³/mol. The molecule has 0 saturated heterocycles. The number of fused-ring (bicyclic) bond motifs is 1. The maximum absolute atomic E-state index is 13.1. The monoisotopic (exact) mass is 286 g/mol. The minimum Gasteiger partial charge on any atom is -0.369 e. The van der Waals surface area contributed by atoms with Gasteiger partial charge in [-0.25, -0.2) is 0 Å². The summed E-state index contributed by atoms with van der Waals surface area (Å²) >= 11 is 0. The highest BCUT2D eigenvalue weighted by Crippen LogP contribution is 2.44. The van der Waals surface area contributed by atoms with Crippen LogP contribution in [0.5, 0.6) is 0 Å². The molecule has 0 spiro atoms. The molecule has 1 aliphatic heterocycles. The van der Waals surface area contributed by atoms with Crippen LogP contribution in [-0.2, 0) is 11.0 Å². The van der Waals surface area contributed by atoms with Crippen LogP contribution in [0.4, 0.5) is 24.5 Å². The van der Waals surface area contributed by atoms with Crippen molar-refractivity contribution in [2.75, 3.05) is 10.2 Å². The first-order valence-electron chi connectivity index (χ1n) is 6.38. The van der Waals surface area contributed by atoms with E-state index < -0.39 is 17.3 Å². The van der Waals surface area contributed by atoms with Crippen LogP contribution in [0.1, 0.15) is 33.3 Å². The zero-order valence-corrected chi connectivity index (χ0v) is 11.8. The SMILES string of the molecule is CC(C)N1C(=O)C(C)(C)Nc2c1cccc2C(F)(F)F. The van der Waals surface area contributed by atoms with E-state index in [1.165, 1.54) is 17.0 Å². The van der Waals surface area contributed by atoms with Crippen LogP contribution in [0, 0.1) is 0 Å². The lowest BCUT2D eigenvalue weighted by molar-refractivity contribution is -0.137. The van der Waals surface area contributed by atoms with Gasteiger partial charge in [-0.15, -0.1) is 0 Å². The van der Waals surface area contributed by atoms with Crippen LogP contribution < -0.4 is 10.2 Å². The molecule has 1 aromatic carbocycles. The van der Waals surface area contributed by atoms with E-state index >= 15 is 0 Å². The Hall–Kier alpha value is -1.72. The molecule has 0 aromatic heterocycles. The van der Waals surface area contributed by atoms with Gasteiger partial charge in [0.15, 0.2) is 0 Å². The largest absolute Gasteiger partial charge is 0.418 e. The number of alkyl halides is 3. The fourth-order valence-corrected chi connectivity index (χ4v) is 2.40. The summed E-state index contributed by atoms with van der Waals surface area (Å²) in [6, 6.07) is 3.66. The third kappa shape index (κ3) is 2.23. The Morgan fingerprint density at radius 1 is 1.25 bits per heavy atom. The third-order valence-electron chi connectivity index (χ3n) is 3.31. The van der Waals surface area contributed by atoms with Gasteiger partial charge in [-0.1, -0.05) is 6.07 Å². The molecule has 0 fully saturated rings. The van der Waals surface area contributed by atoms with Crippen molar-refractivity contribution in [2.45, 2.75) is 45.5 Å². The van der Waals surface area contributed by atoms with Crippen LogP contribution >= 0.6 is 0 Å². The van der Waals surface area contributed by atoms with E-state index in [0.717, 1.165) is 6.07 Å². The normalized spacial score (nSPS) is 18.0. The molecule has 1 aliphatic rings. The Morgan fingerprint density at radius 3 is 2.35 bits per heavy atom. The smallest absolute Gasteiger partial charge is 0.369 e. The fraction of sp³-hybridized carbons (Fsp3) is 0.500. The third-order valence-corrected chi connectivity index (χ3v) is 3.31. The average molecular weight is 286 g/mol. The summed E-state index contributed by atoms with van der Waals surface area (Å²) in [6.07, 6.45) is -4.46. The molecule has 1 N–H and O–H groups in total. The molecule has 20 heavy (non-hydrogen) atoms. The van der Waals surface area contributed by atoms with Gasteiger partial charge < -0.3 is 10.2 Å². The Kier molecular flexibility index (Phi) is 3.23. The minimum absolute atomic E-state index is 0.0294. The number of carbonyl (C=O) groups excluding carboxylic acids is 1. The van der Waals surface area contributed by atoms with E-state index in [0.29, 0.717) is 0 Å². The van der Waals surface area contributed by atoms with Gasteiger partial charge >= 0.3 is 6.18 Å². The van der Waals surface area contributed by atoms with Gasteiger partial charge in [0.05, 0.1) is 16.9 Å². The molecule has 110 valence electrons. The molecule has 3 nitrogen and oxygen atoms in total. The van der Waals surface area contributed by atoms with Crippen molar-refractivity contribution in [3.63, 3.8) is 0 Å². The predicted octanol–water partition coefficient (Wildman–Crippen LogP) is 3.65. The van der Waals surface area contributed by atoms with Gasteiger partial charge in [0.25, 0.3) is 5.91 Å². The number of para-hydroxylation sites is 1. The lowest BCUT2D eigenvalue weighted by atomic mass is 9.95. The summed E-state index contributed by atoms with van der Waals surface area (Å²) in [6.45, 7) is 6.73. The van der Waals surface area contributed by atoms with Gasteiger partial charge in [0, 0.05) is 6.04 Å². The van der Waals surface area contributed by atoms with E-state index in [4.69, 9.17) is 0 Å². The minimum atomic E-state index is -4.46. The second kappa shape index (κ2) is 4.40. The number of hydrogen-bond acceptors (Lipinski definition) is 2. The van der Waals surface area contributed by atoms with Crippen molar-refractivity contribution < 1.29 is 18.0 Å². The number of amides is 1. The van der Waals surface area contributed by atoms with Gasteiger partial charge in [-0.2, -0.15) is 13.2 Å². The Morgan fingerprint density at radius 2 is 1.85 bits per heavy atom. The van der Waals surface area contributed by atoms with Crippen LogP contribution in [0.3, 0.4) is 0 Å². The van der Waals surface area contributed by atoms with Crippen molar-refractivity contribution in [3.05, 3.63) is 23.8 Å². The van der Waals surface area contributed by atoms with E-state index in [1.807, 2.05) is 0 Å². The molecule has 0 unspecified atom stereocenters. The first-order valence-corrected chi connectivity index (χ1v) is 6.38. The van der Waals surface area contributed by atoms with Crippen LogP contribution in [0.25, 0.3) is 0 Å². The second-order valence-corrected chi connectivity index (χ2v) is 5.72. The molecular weight excluding hydrogens is 269 g/mol. The summed E-state index contributed by atoms with van der Waals surface area (Å²) in [5.41, 5.74) is -1.57. The molecule has 1 amide bonds. The number of halogens is 3. The topological polar surface area (TPSA) is 32.3 Å². The molecule has 0 saturated carbocycles. The van der Waals surface area contributed by atoms with Crippen molar-refractivity contribution in [1.29, 1.82) is 0 Å². The molecular formula is C14H17F3N2O. The summed E-state index contributed by atoms with van der Waals surface area (Å²) in [7, 11) is 0. The Balaban J connectivity index is 2.69. The van der Waals surface area contributed by atoms with E-state index in [1.54, 1.807) is 27.7 Å². The number of rotatable bonds is 1. The number of nitrogens with zero attached hydrogens (tertiary/aromatic N) is 1. The number of carbonyl (C=O) groups is 1. The van der Waals surface area contributed by atoms with Crippen LogP contribution in [-0.4, -0.2) is 17.5 Å². The second-order valence-electron chi connectivity index (χ2n) is 5.72. The zero-order valence-electron chi connectivity index (χ0n) is 11.8. The fourth-order valence-electron chi connectivity index (χ4n) is 2.40. The Bertz CT molecular complexity index is 550. The summed E-state index contributed by atoms with van der Waals surface area (Å²) < 4.78 is 39.3. The molecule has 2 rings (SSSR count). The Labute approximate surface area is 115 Å². The number of benzene rings is 1. The quantitative estimate of drug-likeness (QED) is 0.854. The average Bonchev–Trinajstić information content (AvgIpc) is 2.27. The summed E-state index contributed by atoms with van der Waals surface area (Å²) in [4.78, 5) is 13.8. The molecule has 0 aliphatic carbocycles. The molecule has 0 bridgehead atoms. The lowest BCUT2D eigenvalue weighted by Gasteiger charge is -2.42. The maximum Gasteiger partial charge on any atom is 0.418 e. The lowest BCUT2D eigenvalue weighted by Crippen LogP contribution is -2.56. The highest BCUT2D eigenvalue weighted by atomic mass is 19.4. The number of anilines is 2. The highest BCUT2D eigenvalue weighted by Gasteiger charge is 2.44. The van der Waals surface area contributed by atoms with Crippen molar-refractivity contribution in [3.8, 4) is 0 Å². The van der Waals surface area contributed by atoms with Crippen molar-refractivity contribution in [2.24, 2.45) is 0 Å². The van der Waals surface area contributed by atoms with Gasteiger partial charge in [0.1, 0.15) is 5.54 Å². The summed E-state index contributed by atoms with van der Waals surface area (Å²) in [5.74, 6) is -0.237. The first kappa shape index (κ1) is 14.7. The molecule has 1 aromatic rings. The molecule has 6 heteroatoms. The maximum atomic E-state index is 13.1. The molecule has 1 heterocycles. The van der Waals surface area contributed by atoms with Crippen LogP contribution in [0.2, 0.25) is 0 Å². The summed E-state index contributed by atoms with van der Waals surface area (Å²) in [5, 5.41) is 2.73. The van der Waals surface area contributed by atoms with Gasteiger partial charge in [0.2, 0.25) is 0 Å². The van der Waals surface area contributed by atoms with Crippen molar-refractivity contribution >= 4 is 17.3 Å². The zero-order chi connectivity index (χ0) is 15.3. The van der Waals surface area contributed by atoms with Crippen molar-refractivity contribution in [1.82, 2.24) is 0 Å². The van der Waals surface area contributed by atoms with E-state index in [2.05, 4.69) is 5.32 Å².